The van der Waals surface area contributed by atoms with E-state index in [1.54, 1.807) is 0 Å². The molecule has 2 rings (SSSR count). The smallest absolute Gasteiger partial charge is 0.0242 e. The quantitative estimate of drug-likeness (QED) is 0.600. The lowest BCUT2D eigenvalue weighted by atomic mass is 9.97. The summed E-state index contributed by atoms with van der Waals surface area (Å²) in [6.07, 6.45) is 0.957. The van der Waals surface area contributed by atoms with E-state index in [1.807, 2.05) is 6.07 Å². The number of hydrogen-bond acceptors (Lipinski definition) is 0. The summed E-state index contributed by atoms with van der Waals surface area (Å²) >= 11 is 6.78. The normalized spacial score (nSPS) is 13.3. The third kappa shape index (κ3) is 3.38. The van der Waals surface area contributed by atoms with E-state index in [4.69, 9.17) is 11.2 Å². The topological polar surface area (TPSA) is 0 Å². The Kier molecular flexibility index (Phi) is 4.66. The van der Waals surface area contributed by atoms with E-state index in [1.165, 1.54) is 16.7 Å². The van der Waals surface area contributed by atoms with Crippen molar-refractivity contribution in [2.24, 2.45) is 0 Å². The minimum atomic E-state index is -0.620. The minimum Gasteiger partial charge on any atom is -0.0952 e. The molecule has 0 aliphatic rings. The Morgan fingerprint density at radius 2 is 1.53 bits per heavy atom. The molecular weight excluding hydrogens is 271 g/mol. The van der Waals surface area contributed by atoms with Gasteiger partial charge in [0.25, 0.3) is 0 Å². The van der Waals surface area contributed by atoms with Crippen LogP contribution in [0.15, 0.2) is 54.6 Å². The highest BCUT2D eigenvalue weighted by molar-refractivity contribution is 7.84. The summed E-state index contributed by atoms with van der Waals surface area (Å²) < 4.78 is 0. The lowest BCUT2D eigenvalue weighted by molar-refractivity contribution is 0.760. The van der Waals surface area contributed by atoms with Crippen molar-refractivity contribution < 1.29 is 0 Å². The fraction of sp³-hybridized carbons (Fsp3) is 0.294. The molecule has 0 aliphatic heterocycles. The molecule has 0 radical (unpaired) electrons. The third-order valence-corrected chi connectivity index (χ3v) is 7.30. The maximum Gasteiger partial charge on any atom is 0.0242 e. The van der Waals surface area contributed by atoms with Crippen molar-refractivity contribution in [3.8, 4) is 0 Å². The second-order valence-electron chi connectivity index (χ2n) is 5.38. The van der Waals surface area contributed by atoms with Crippen LogP contribution in [-0.4, -0.2) is 0 Å². The van der Waals surface area contributed by atoms with Crippen molar-refractivity contribution in [3.63, 3.8) is 0 Å². The number of aryl methyl sites for hydroxylation is 1. The molecule has 0 bridgehead atoms. The molecule has 100 valence electrons. The molecule has 0 nitrogen and oxygen atoms in total. The first kappa shape index (κ1) is 14.6. The largest absolute Gasteiger partial charge is 0.0952 e. The summed E-state index contributed by atoms with van der Waals surface area (Å²) in [4.78, 5) is 0. The summed E-state index contributed by atoms with van der Waals surface area (Å²) in [6, 6.07) is 19.1. The van der Waals surface area contributed by atoms with Crippen molar-refractivity contribution in [2.45, 2.75) is 32.1 Å². The molecule has 1 atom stereocenters. The van der Waals surface area contributed by atoms with Crippen LogP contribution in [0.3, 0.4) is 0 Å². The zero-order valence-corrected chi connectivity index (χ0v) is 13.4. The van der Waals surface area contributed by atoms with Gasteiger partial charge in [-0.2, -0.15) is 0 Å². The highest BCUT2D eigenvalue weighted by Crippen LogP contribution is 2.61. The van der Waals surface area contributed by atoms with E-state index < -0.39 is 7.27 Å². The van der Waals surface area contributed by atoms with Crippen molar-refractivity contribution in [1.82, 2.24) is 0 Å². The van der Waals surface area contributed by atoms with Gasteiger partial charge in [0.2, 0.25) is 0 Å². The molecule has 0 N–H and O–H groups in total. The molecule has 1 unspecified atom stereocenters. The number of halogens is 1. The predicted molar refractivity (Wildman–Crippen MR) is 87.1 cm³/mol. The summed E-state index contributed by atoms with van der Waals surface area (Å²) in [5.41, 5.74) is 4.02. The first-order valence-corrected chi connectivity index (χ1v) is 8.98. The lowest BCUT2D eigenvalue weighted by Crippen LogP contribution is -2.15. The molecule has 2 aromatic carbocycles. The van der Waals surface area contributed by atoms with E-state index in [0.717, 1.165) is 6.16 Å². The average Bonchev–Trinajstić information content (AvgIpc) is 2.40. The average molecular weight is 291 g/mol. The molecule has 0 aliphatic carbocycles. The Morgan fingerprint density at radius 1 is 0.947 bits per heavy atom. The van der Waals surface area contributed by atoms with Crippen LogP contribution < -0.4 is 0 Å². The van der Waals surface area contributed by atoms with Gasteiger partial charge in [-0.1, -0.05) is 79.7 Å². The molecule has 2 heteroatoms. The Bertz CT molecular complexity index is 534. The molecule has 0 spiro atoms. The van der Waals surface area contributed by atoms with E-state index in [9.17, 15) is 0 Å². The summed E-state index contributed by atoms with van der Waals surface area (Å²) in [7, 11) is -0.620. The lowest BCUT2D eigenvalue weighted by Gasteiger charge is -2.32. The molecule has 0 aromatic heterocycles. The van der Waals surface area contributed by atoms with Gasteiger partial charge in [-0.15, -0.1) is 0 Å². The zero-order valence-electron chi connectivity index (χ0n) is 11.7. The molecule has 0 fully saturated rings. The van der Waals surface area contributed by atoms with Crippen LogP contribution in [0.1, 0.15) is 30.5 Å². The number of hydrogen-bond donors (Lipinski definition) is 0. The standard InChI is InChI=1S/C17H20ClP/c1-14-9-7-8-12-16(14)17(2,3)19(18)13-15-10-5-4-6-11-15/h4-12H,13H2,1-3H3. The van der Waals surface area contributed by atoms with Crippen molar-refractivity contribution >= 4 is 18.5 Å². The highest BCUT2D eigenvalue weighted by Gasteiger charge is 2.30. The molecule has 0 saturated carbocycles. The number of benzene rings is 2. The van der Waals surface area contributed by atoms with Gasteiger partial charge in [0.15, 0.2) is 0 Å². The van der Waals surface area contributed by atoms with Gasteiger partial charge < -0.3 is 0 Å². The summed E-state index contributed by atoms with van der Waals surface area (Å²) in [5.74, 6) is 0. The van der Waals surface area contributed by atoms with Crippen molar-refractivity contribution in [3.05, 3.63) is 71.3 Å². The first-order chi connectivity index (χ1) is 9.01. The predicted octanol–water partition coefficient (Wildman–Crippen LogP) is 6.07. The van der Waals surface area contributed by atoms with Gasteiger partial charge in [-0.25, -0.2) is 0 Å². The Labute approximate surface area is 122 Å². The summed E-state index contributed by atoms with van der Waals surface area (Å²) in [6.45, 7) is 6.69. The number of rotatable bonds is 4. The molecule has 2 aromatic rings. The van der Waals surface area contributed by atoms with Crippen molar-refractivity contribution in [1.29, 1.82) is 0 Å². The van der Waals surface area contributed by atoms with Gasteiger partial charge in [0.05, 0.1) is 0 Å². The van der Waals surface area contributed by atoms with Crippen molar-refractivity contribution in [2.75, 3.05) is 0 Å². The third-order valence-electron chi connectivity index (χ3n) is 3.57. The monoisotopic (exact) mass is 290 g/mol. The highest BCUT2D eigenvalue weighted by atomic mass is 35.7. The van der Waals surface area contributed by atoms with Gasteiger partial charge >= 0.3 is 0 Å². The fourth-order valence-electron chi connectivity index (χ4n) is 2.33. The Balaban J connectivity index is 2.22. The maximum atomic E-state index is 6.78. The molecular formula is C17H20ClP. The molecule has 0 amide bonds. The van der Waals surface area contributed by atoms with E-state index in [-0.39, 0.29) is 5.16 Å². The second-order valence-corrected chi connectivity index (χ2v) is 8.76. The first-order valence-electron chi connectivity index (χ1n) is 6.55. The van der Waals surface area contributed by atoms with Crippen LogP contribution >= 0.6 is 18.5 Å². The Morgan fingerprint density at radius 3 is 2.16 bits per heavy atom. The molecule has 0 saturated heterocycles. The van der Waals surface area contributed by atoms with E-state index in [0.29, 0.717) is 0 Å². The molecule has 0 heterocycles. The van der Waals surface area contributed by atoms with Gasteiger partial charge in [-0.3, -0.25) is 0 Å². The van der Waals surface area contributed by atoms with Gasteiger partial charge in [0, 0.05) is 18.6 Å². The van der Waals surface area contributed by atoms with Crippen LogP contribution in [-0.2, 0) is 11.3 Å². The van der Waals surface area contributed by atoms with Crippen LogP contribution in [0, 0.1) is 6.92 Å². The van der Waals surface area contributed by atoms with E-state index >= 15 is 0 Å². The summed E-state index contributed by atoms with van der Waals surface area (Å²) in [5, 5.41) is 0.0259. The van der Waals surface area contributed by atoms with Gasteiger partial charge in [-0.05, 0) is 23.6 Å². The van der Waals surface area contributed by atoms with Crippen LogP contribution in [0.4, 0.5) is 0 Å². The van der Waals surface area contributed by atoms with E-state index in [2.05, 4.69) is 69.3 Å². The SMILES string of the molecule is Cc1ccccc1C(C)(C)P(Cl)Cc1ccccc1. The molecule has 19 heavy (non-hydrogen) atoms. The van der Waals surface area contributed by atoms with Crippen LogP contribution in [0.25, 0.3) is 0 Å². The Hall–Kier alpha value is -0.840. The van der Waals surface area contributed by atoms with Crippen LogP contribution in [0.5, 0.6) is 0 Å². The minimum absolute atomic E-state index is 0.0259. The fourth-order valence-corrected chi connectivity index (χ4v) is 4.46. The zero-order chi connectivity index (χ0) is 13.9. The second kappa shape index (κ2) is 6.07. The van der Waals surface area contributed by atoms with Gasteiger partial charge in [0.1, 0.15) is 0 Å². The maximum absolute atomic E-state index is 6.78. The van der Waals surface area contributed by atoms with Crippen LogP contribution in [0.2, 0.25) is 0 Å².